The Labute approximate surface area is 252 Å². The van der Waals surface area contributed by atoms with E-state index in [4.69, 9.17) is 4.99 Å². The van der Waals surface area contributed by atoms with Crippen molar-refractivity contribution in [3.05, 3.63) is 94.8 Å². The van der Waals surface area contributed by atoms with Gasteiger partial charge in [0.2, 0.25) is 11.8 Å². The number of nitrogens with zero attached hydrogens (tertiary/aromatic N) is 3. The number of carbonyl (C=O) groups excluding carboxylic acids is 2. The summed E-state index contributed by atoms with van der Waals surface area (Å²) in [4.78, 5) is 37.4. The number of rotatable bonds is 7. The Morgan fingerprint density at radius 2 is 0.929 bits per heavy atom. The van der Waals surface area contributed by atoms with Gasteiger partial charge in [-0.3, -0.25) is 19.4 Å². The molecule has 5 nitrogen and oxygen atoms in total. The minimum Gasteiger partial charge on any atom is -0.273 e. The van der Waals surface area contributed by atoms with Crippen LogP contribution in [0.3, 0.4) is 0 Å². The second kappa shape index (κ2) is 12.1. The van der Waals surface area contributed by atoms with Gasteiger partial charge in [0.05, 0.1) is 17.1 Å². The normalized spacial score (nSPS) is 15.3. The van der Waals surface area contributed by atoms with E-state index in [9.17, 15) is 9.59 Å². The summed E-state index contributed by atoms with van der Waals surface area (Å²) >= 11 is 0. The molecule has 0 aromatic heterocycles. The van der Waals surface area contributed by atoms with Gasteiger partial charge < -0.3 is 0 Å². The van der Waals surface area contributed by atoms with Crippen LogP contribution in [-0.2, 0) is 9.59 Å². The molecular weight excluding hydrogens is 518 g/mol. The van der Waals surface area contributed by atoms with Gasteiger partial charge in [-0.15, -0.1) is 0 Å². The van der Waals surface area contributed by atoms with E-state index in [1.807, 2.05) is 30.3 Å². The maximum Gasteiger partial charge on any atom is 0.248 e. The second-order valence-corrected chi connectivity index (χ2v) is 13.0. The van der Waals surface area contributed by atoms with Gasteiger partial charge in [-0.05, 0) is 71.9 Å². The van der Waals surface area contributed by atoms with Crippen molar-refractivity contribution < 1.29 is 9.59 Å². The quantitative estimate of drug-likeness (QED) is 0.212. The van der Waals surface area contributed by atoms with Crippen LogP contribution in [-0.4, -0.2) is 17.7 Å². The van der Waals surface area contributed by atoms with Crippen molar-refractivity contribution >= 4 is 34.7 Å². The van der Waals surface area contributed by atoms with Crippen LogP contribution in [0.25, 0.3) is 0 Å². The van der Waals surface area contributed by atoms with E-state index in [-0.39, 0.29) is 35.5 Å². The Morgan fingerprint density at radius 3 is 1.26 bits per heavy atom. The standard InChI is InChI=1S/C37H45N3O2/c1-23(2)28-18-14-19-29(24(3)4)33(28)39-32(22-38-27-16-12-11-13-17-27)40(36(42)37(9,10)35(39)41)34-30(25(5)6)20-15-21-31(34)26(7)8/h11-21,23-26H,1-10H3. The van der Waals surface area contributed by atoms with Crippen molar-refractivity contribution in [2.45, 2.75) is 92.9 Å². The van der Waals surface area contributed by atoms with Gasteiger partial charge >= 0.3 is 0 Å². The zero-order valence-electron chi connectivity index (χ0n) is 26.8. The molecule has 4 rings (SSSR count). The first-order valence-corrected chi connectivity index (χ1v) is 15.1. The van der Waals surface area contributed by atoms with Crippen LogP contribution in [0.4, 0.5) is 17.1 Å². The number of aliphatic imine (C=N–C) groups is 1. The zero-order valence-corrected chi connectivity index (χ0v) is 26.8. The van der Waals surface area contributed by atoms with Gasteiger partial charge in [-0.1, -0.05) is 110 Å². The Morgan fingerprint density at radius 1 is 0.571 bits per heavy atom. The molecule has 0 bridgehead atoms. The summed E-state index contributed by atoms with van der Waals surface area (Å²) in [5.41, 5.74) is 5.17. The molecule has 1 saturated heterocycles. The first-order chi connectivity index (χ1) is 19.8. The van der Waals surface area contributed by atoms with E-state index in [1.54, 1.807) is 23.6 Å². The largest absolute Gasteiger partial charge is 0.273 e. The van der Waals surface area contributed by atoms with Crippen molar-refractivity contribution in [2.24, 2.45) is 10.4 Å². The van der Waals surface area contributed by atoms with Gasteiger partial charge in [0, 0.05) is 5.87 Å². The predicted molar refractivity (Wildman–Crippen MR) is 175 cm³/mol. The number of anilines is 2. The summed E-state index contributed by atoms with van der Waals surface area (Å²) in [6.45, 7) is 20.6. The van der Waals surface area contributed by atoms with Crippen molar-refractivity contribution in [3.8, 4) is 0 Å². The van der Waals surface area contributed by atoms with E-state index < -0.39 is 5.41 Å². The first kappa shape index (κ1) is 31.0. The minimum atomic E-state index is -1.32. The highest BCUT2D eigenvalue weighted by atomic mass is 16.2. The molecule has 0 atom stereocenters. The third-order valence-electron chi connectivity index (χ3n) is 8.07. The fourth-order valence-corrected chi connectivity index (χ4v) is 5.61. The van der Waals surface area contributed by atoms with Crippen LogP contribution in [0.2, 0.25) is 0 Å². The monoisotopic (exact) mass is 563 g/mol. The van der Waals surface area contributed by atoms with Gasteiger partial charge in [-0.25, -0.2) is 4.99 Å². The van der Waals surface area contributed by atoms with Gasteiger partial charge in [0.25, 0.3) is 0 Å². The molecule has 0 spiro atoms. The number of carbonyl (C=O) groups is 2. The van der Waals surface area contributed by atoms with Crippen LogP contribution in [0, 0.1) is 5.41 Å². The summed E-state index contributed by atoms with van der Waals surface area (Å²) in [6, 6.07) is 22.0. The first-order valence-electron chi connectivity index (χ1n) is 15.1. The summed E-state index contributed by atoms with van der Waals surface area (Å²) in [5, 5.41) is 0. The van der Waals surface area contributed by atoms with Crippen LogP contribution in [0.15, 0.2) is 77.5 Å². The lowest BCUT2D eigenvalue weighted by Crippen LogP contribution is -2.60. The Bertz CT molecular complexity index is 1400. The molecule has 1 heterocycles. The van der Waals surface area contributed by atoms with Crippen molar-refractivity contribution in [3.63, 3.8) is 0 Å². The molecule has 0 saturated carbocycles. The molecule has 3 aromatic rings. The minimum absolute atomic E-state index is 0.141. The number of amides is 2. The fraction of sp³-hybridized carbons (Fsp3) is 0.405. The van der Waals surface area contributed by atoms with E-state index in [2.05, 4.69) is 97.7 Å². The SMILES string of the molecule is CC(C)c1cccc(C(C)C)c1N1C(=O)C(C)(C)C(=O)N(c2c(C(C)C)cccc2C(C)C)C1=C=Nc1ccccc1. The molecule has 0 unspecified atom stereocenters. The van der Waals surface area contributed by atoms with Crippen LogP contribution in [0.5, 0.6) is 0 Å². The Hall–Kier alpha value is -3.95. The topological polar surface area (TPSA) is 53.0 Å². The number of hydrogen-bond donors (Lipinski definition) is 0. The summed E-state index contributed by atoms with van der Waals surface area (Å²) in [7, 11) is 0. The van der Waals surface area contributed by atoms with E-state index in [1.165, 1.54) is 0 Å². The lowest BCUT2D eigenvalue weighted by molar-refractivity contribution is -0.139. The highest BCUT2D eigenvalue weighted by Gasteiger charge is 2.52. The fourth-order valence-electron chi connectivity index (χ4n) is 5.61. The molecule has 0 N–H and O–H groups in total. The van der Waals surface area contributed by atoms with Crippen LogP contribution < -0.4 is 9.80 Å². The molecule has 2 amide bonds. The predicted octanol–water partition coefficient (Wildman–Crippen LogP) is 9.43. The number of benzene rings is 3. The number of hydrogen-bond acceptors (Lipinski definition) is 3. The van der Waals surface area contributed by atoms with E-state index in [0.29, 0.717) is 11.5 Å². The van der Waals surface area contributed by atoms with Crippen LogP contribution in [0.1, 0.15) is 115 Å². The summed E-state index contributed by atoms with van der Waals surface area (Å²) in [5.74, 6) is 3.59. The van der Waals surface area contributed by atoms with Crippen LogP contribution >= 0.6 is 0 Å². The average Bonchev–Trinajstić information content (AvgIpc) is 2.95. The van der Waals surface area contributed by atoms with Gasteiger partial charge in [-0.2, -0.15) is 0 Å². The molecule has 0 radical (unpaired) electrons. The molecule has 220 valence electrons. The maximum atomic E-state index is 14.6. The second-order valence-electron chi connectivity index (χ2n) is 13.0. The molecule has 1 aliphatic rings. The molecule has 42 heavy (non-hydrogen) atoms. The lowest BCUT2D eigenvalue weighted by atomic mass is 9.83. The van der Waals surface area contributed by atoms with E-state index >= 15 is 0 Å². The Balaban J connectivity index is 2.21. The summed E-state index contributed by atoms with van der Waals surface area (Å²) < 4.78 is 0. The lowest BCUT2D eigenvalue weighted by Gasteiger charge is -2.46. The van der Waals surface area contributed by atoms with Gasteiger partial charge in [0.1, 0.15) is 5.41 Å². The maximum absolute atomic E-state index is 14.6. The Kier molecular flexibility index (Phi) is 8.94. The molecule has 5 heteroatoms. The van der Waals surface area contributed by atoms with Gasteiger partial charge in [0.15, 0.2) is 5.82 Å². The smallest absolute Gasteiger partial charge is 0.248 e. The van der Waals surface area contributed by atoms with Crippen molar-refractivity contribution in [1.82, 2.24) is 0 Å². The summed E-state index contributed by atoms with van der Waals surface area (Å²) in [6.07, 6.45) is 0. The third-order valence-corrected chi connectivity index (χ3v) is 8.07. The molecular formula is C37H45N3O2. The average molecular weight is 564 g/mol. The van der Waals surface area contributed by atoms with Crippen molar-refractivity contribution in [1.29, 1.82) is 0 Å². The number of para-hydroxylation sites is 3. The highest BCUT2D eigenvalue weighted by Crippen LogP contribution is 2.47. The molecule has 1 fully saturated rings. The third kappa shape index (κ3) is 5.58. The molecule has 3 aromatic carbocycles. The molecule has 0 aliphatic carbocycles. The molecule has 1 aliphatic heterocycles. The highest BCUT2D eigenvalue weighted by molar-refractivity contribution is 6.24. The zero-order chi connectivity index (χ0) is 30.9. The van der Waals surface area contributed by atoms with Crippen molar-refractivity contribution in [2.75, 3.05) is 9.80 Å². The van der Waals surface area contributed by atoms with E-state index in [0.717, 1.165) is 33.6 Å².